The van der Waals surface area contributed by atoms with Crippen LogP contribution in [-0.2, 0) is 0 Å². The van der Waals surface area contributed by atoms with Crippen LogP contribution in [0.25, 0.3) is 0 Å². The van der Waals surface area contributed by atoms with E-state index in [4.69, 9.17) is 18.9 Å². The van der Waals surface area contributed by atoms with Crippen LogP contribution in [0.15, 0.2) is 60.8 Å². The molecule has 3 rings (SSSR count). The molecule has 0 spiro atoms. The molecule has 1 aromatic heterocycles. The van der Waals surface area contributed by atoms with E-state index in [1.165, 1.54) is 6.20 Å². The number of methoxy groups -OCH3 is 2. The molecule has 0 aliphatic carbocycles. The fraction of sp³-hybridized carbons (Fsp3) is 0.217. The lowest BCUT2D eigenvalue weighted by Gasteiger charge is -2.12. The molecule has 0 saturated heterocycles. The number of aryl methyl sites for hydroxylation is 1. The third-order valence-corrected chi connectivity index (χ3v) is 4.24. The maximum absolute atomic E-state index is 12.1. The van der Waals surface area contributed by atoms with Crippen LogP contribution < -0.4 is 29.6 Å². The highest BCUT2D eigenvalue weighted by Crippen LogP contribution is 2.31. The van der Waals surface area contributed by atoms with Crippen molar-refractivity contribution >= 4 is 11.7 Å². The van der Waals surface area contributed by atoms with Gasteiger partial charge in [0.2, 0.25) is 5.88 Å². The lowest BCUT2D eigenvalue weighted by atomic mass is 10.2. The number of benzene rings is 2. The average molecular weight is 423 g/mol. The first-order valence-corrected chi connectivity index (χ1v) is 9.68. The molecule has 0 aliphatic rings. The second-order valence-corrected chi connectivity index (χ2v) is 6.52. The highest BCUT2D eigenvalue weighted by atomic mass is 16.5. The Morgan fingerprint density at radius 2 is 1.71 bits per heavy atom. The van der Waals surface area contributed by atoms with Gasteiger partial charge in [0.25, 0.3) is 0 Å². The van der Waals surface area contributed by atoms with Gasteiger partial charge in [0, 0.05) is 6.07 Å². The van der Waals surface area contributed by atoms with Crippen molar-refractivity contribution in [3.8, 4) is 28.9 Å². The van der Waals surface area contributed by atoms with Gasteiger partial charge in [-0.3, -0.25) is 0 Å². The predicted octanol–water partition coefficient (Wildman–Crippen LogP) is 4.40. The summed E-state index contributed by atoms with van der Waals surface area (Å²) in [5.74, 6) is 2.84. The van der Waals surface area contributed by atoms with E-state index in [2.05, 4.69) is 15.6 Å². The number of hydrogen-bond donors (Lipinski definition) is 2. The minimum absolute atomic E-state index is 0.303. The van der Waals surface area contributed by atoms with Crippen LogP contribution in [0, 0.1) is 6.92 Å². The summed E-state index contributed by atoms with van der Waals surface area (Å²) in [5, 5.41) is 5.43. The van der Waals surface area contributed by atoms with Crippen LogP contribution in [0.1, 0.15) is 5.56 Å². The minimum atomic E-state index is -0.362. The second kappa shape index (κ2) is 10.7. The monoisotopic (exact) mass is 423 g/mol. The number of amides is 2. The number of para-hydroxylation sites is 2. The summed E-state index contributed by atoms with van der Waals surface area (Å²) >= 11 is 0. The average Bonchev–Trinajstić information content (AvgIpc) is 2.79. The molecule has 0 fully saturated rings. The molecular formula is C23H25N3O5. The molecule has 162 valence electrons. The van der Waals surface area contributed by atoms with Gasteiger partial charge < -0.3 is 29.6 Å². The van der Waals surface area contributed by atoms with Gasteiger partial charge in [-0.1, -0.05) is 18.2 Å². The fourth-order valence-corrected chi connectivity index (χ4v) is 2.73. The smallest absolute Gasteiger partial charge is 0.319 e. The van der Waals surface area contributed by atoms with Crippen molar-refractivity contribution in [2.45, 2.75) is 6.92 Å². The number of hydrogen-bond acceptors (Lipinski definition) is 6. The molecule has 0 aliphatic heterocycles. The number of anilines is 1. The van der Waals surface area contributed by atoms with E-state index in [-0.39, 0.29) is 6.03 Å². The summed E-state index contributed by atoms with van der Waals surface area (Å²) in [7, 11) is 3.16. The van der Waals surface area contributed by atoms with Gasteiger partial charge in [-0.25, -0.2) is 9.78 Å². The van der Waals surface area contributed by atoms with Gasteiger partial charge in [0.1, 0.15) is 6.61 Å². The number of nitrogens with one attached hydrogen (secondary N) is 2. The van der Waals surface area contributed by atoms with E-state index in [9.17, 15) is 4.79 Å². The van der Waals surface area contributed by atoms with Crippen molar-refractivity contribution in [2.75, 3.05) is 32.7 Å². The lowest BCUT2D eigenvalue weighted by molar-refractivity contribution is 0.246. The quantitative estimate of drug-likeness (QED) is 0.496. The number of urea groups is 1. The SMILES string of the molecule is COc1ccccc1OCCNC(=O)Nc1ccc(Oc2ccc(C)cc2OC)nc1. The second-order valence-electron chi connectivity index (χ2n) is 6.52. The highest BCUT2D eigenvalue weighted by molar-refractivity contribution is 5.89. The standard InChI is InChI=1S/C23H25N3O5/c1-16-8-10-20(21(14-16)29-3)31-22-11-9-17(15-25-22)26-23(27)24-12-13-30-19-7-5-4-6-18(19)28-2/h4-11,14-15H,12-13H2,1-3H3,(H2,24,26,27). The first-order valence-electron chi connectivity index (χ1n) is 9.68. The molecule has 0 unspecified atom stereocenters. The summed E-state index contributed by atoms with van der Waals surface area (Å²) in [6, 6.07) is 16.0. The number of aromatic nitrogens is 1. The third kappa shape index (κ3) is 6.27. The van der Waals surface area contributed by atoms with Crippen LogP contribution in [0.3, 0.4) is 0 Å². The summed E-state index contributed by atoms with van der Waals surface area (Å²) in [4.78, 5) is 16.3. The number of ether oxygens (including phenoxy) is 4. The van der Waals surface area contributed by atoms with Crippen molar-refractivity contribution in [2.24, 2.45) is 0 Å². The van der Waals surface area contributed by atoms with Crippen molar-refractivity contribution in [1.29, 1.82) is 0 Å². The zero-order valence-electron chi connectivity index (χ0n) is 17.7. The Bertz CT molecular complexity index is 1010. The highest BCUT2D eigenvalue weighted by Gasteiger charge is 2.08. The molecule has 0 atom stereocenters. The lowest BCUT2D eigenvalue weighted by Crippen LogP contribution is -2.32. The Hall–Kier alpha value is -3.94. The normalized spacial score (nSPS) is 10.2. The number of nitrogens with zero attached hydrogens (tertiary/aromatic N) is 1. The molecule has 8 heteroatoms. The molecule has 0 saturated carbocycles. The van der Waals surface area contributed by atoms with Gasteiger partial charge in [0.15, 0.2) is 23.0 Å². The molecular weight excluding hydrogens is 398 g/mol. The Morgan fingerprint density at radius 1 is 0.935 bits per heavy atom. The molecule has 2 N–H and O–H groups in total. The summed E-state index contributed by atoms with van der Waals surface area (Å²) in [5.41, 5.74) is 1.60. The predicted molar refractivity (Wildman–Crippen MR) is 118 cm³/mol. The third-order valence-electron chi connectivity index (χ3n) is 4.24. The van der Waals surface area contributed by atoms with E-state index in [0.29, 0.717) is 47.7 Å². The van der Waals surface area contributed by atoms with Crippen LogP contribution in [0.4, 0.5) is 10.5 Å². The van der Waals surface area contributed by atoms with Crippen molar-refractivity contribution in [3.05, 3.63) is 66.4 Å². The van der Waals surface area contributed by atoms with Crippen LogP contribution in [0.5, 0.6) is 28.9 Å². The number of rotatable bonds is 9. The van der Waals surface area contributed by atoms with E-state index in [0.717, 1.165) is 5.56 Å². The molecule has 1 heterocycles. The largest absolute Gasteiger partial charge is 0.493 e. The molecule has 0 bridgehead atoms. The van der Waals surface area contributed by atoms with E-state index in [1.54, 1.807) is 32.4 Å². The van der Waals surface area contributed by atoms with E-state index >= 15 is 0 Å². The fourth-order valence-electron chi connectivity index (χ4n) is 2.73. The zero-order chi connectivity index (χ0) is 22.1. The summed E-state index contributed by atoms with van der Waals surface area (Å²) < 4.78 is 21.9. The van der Waals surface area contributed by atoms with Crippen molar-refractivity contribution < 1.29 is 23.7 Å². The van der Waals surface area contributed by atoms with Gasteiger partial charge in [0.05, 0.1) is 32.6 Å². The number of pyridine rings is 1. The zero-order valence-corrected chi connectivity index (χ0v) is 17.7. The Labute approximate surface area is 181 Å². The van der Waals surface area contributed by atoms with Crippen LogP contribution in [-0.4, -0.2) is 38.4 Å². The molecule has 2 aromatic carbocycles. The molecule has 2 amide bonds. The van der Waals surface area contributed by atoms with Gasteiger partial charge in [-0.15, -0.1) is 0 Å². The first kappa shape index (κ1) is 21.8. The molecule has 31 heavy (non-hydrogen) atoms. The molecule has 0 radical (unpaired) electrons. The van der Waals surface area contributed by atoms with Crippen LogP contribution in [0.2, 0.25) is 0 Å². The molecule has 3 aromatic rings. The van der Waals surface area contributed by atoms with Crippen molar-refractivity contribution in [1.82, 2.24) is 10.3 Å². The maximum Gasteiger partial charge on any atom is 0.319 e. The molecule has 8 nitrogen and oxygen atoms in total. The Kier molecular flexibility index (Phi) is 7.53. The number of carbonyl (C=O) groups excluding carboxylic acids is 1. The van der Waals surface area contributed by atoms with Crippen molar-refractivity contribution in [3.63, 3.8) is 0 Å². The Balaban J connectivity index is 1.45. The van der Waals surface area contributed by atoms with Crippen LogP contribution >= 0.6 is 0 Å². The van der Waals surface area contributed by atoms with E-state index < -0.39 is 0 Å². The van der Waals surface area contributed by atoms with Gasteiger partial charge in [-0.05, 0) is 42.8 Å². The first-order chi connectivity index (χ1) is 15.1. The topological polar surface area (TPSA) is 90.9 Å². The van der Waals surface area contributed by atoms with Gasteiger partial charge >= 0.3 is 6.03 Å². The van der Waals surface area contributed by atoms with Gasteiger partial charge in [-0.2, -0.15) is 0 Å². The summed E-state index contributed by atoms with van der Waals surface area (Å²) in [6.45, 7) is 2.60. The Morgan fingerprint density at radius 3 is 2.42 bits per heavy atom. The van der Waals surface area contributed by atoms with E-state index in [1.807, 2.05) is 43.3 Å². The maximum atomic E-state index is 12.1. The minimum Gasteiger partial charge on any atom is -0.493 e. The number of carbonyl (C=O) groups is 1. The summed E-state index contributed by atoms with van der Waals surface area (Å²) in [6.07, 6.45) is 1.51.